The van der Waals surface area contributed by atoms with Gasteiger partial charge in [0.05, 0.1) is 4.90 Å². The van der Waals surface area contributed by atoms with Gasteiger partial charge in [-0.25, -0.2) is 8.42 Å². The Bertz CT molecular complexity index is 618. The SMILES string of the molecule is O=S(=O)([O-])c1ccc(-c2ccc(O)cc2)cc1.[Na+]. The molecule has 18 heavy (non-hydrogen) atoms. The van der Waals surface area contributed by atoms with E-state index in [9.17, 15) is 13.0 Å². The second-order valence-corrected chi connectivity index (χ2v) is 4.91. The second kappa shape index (κ2) is 5.86. The standard InChI is InChI=1S/C12H10O4S.Na/c13-11-5-1-9(2-6-11)10-3-7-12(8-4-10)17(14,15)16;/h1-8,13H,(H,14,15,16);/q;+1/p-1. The topological polar surface area (TPSA) is 77.4 Å². The van der Waals surface area contributed by atoms with Crippen molar-refractivity contribution < 1.29 is 47.6 Å². The van der Waals surface area contributed by atoms with Crippen molar-refractivity contribution in [1.82, 2.24) is 0 Å². The Morgan fingerprint density at radius 1 is 0.833 bits per heavy atom. The molecule has 0 amide bonds. The summed E-state index contributed by atoms with van der Waals surface area (Å²) in [6, 6.07) is 12.1. The number of phenols is 1. The fourth-order valence-corrected chi connectivity index (χ4v) is 1.94. The zero-order valence-corrected chi connectivity index (χ0v) is 12.5. The van der Waals surface area contributed by atoms with Crippen LogP contribution >= 0.6 is 0 Å². The quantitative estimate of drug-likeness (QED) is 0.560. The summed E-state index contributed by atoms with van der Waals surface area (Å²) < 4.78 is 32.2. The normalized spacial score (nSPS) is 10.7. The Morgan fingerprint density at radius 2 is 1.22 bits per heavy atom. The first-order chi connectivity index (χ1) is 7.97. The van der Waals surface area contributed by atoms with Crippen LogP contribution in [0.2, 0.25) is 0 Å². The average molecular weight is 272 g/mol. The van der Waals surface area contributed by atoms with Crippen molar-refractivity contribution in [3.05, 3.63) is 48.5 Å². The van der Waals surface area contributed by atoms with Gasteiger partial charge in [-0.1, -0.05) is 24.3 Å². The summed E-state index contributed by atoms with van der Waals surface area (Å²) in [5, 5.41) is 9.13. The van der Waals surface area contributed by atoms with Gasteiger partial charge in [0.25, 0.3) is 0 Å². The summed E-state index contributed by atoms with van der Waals surface area (Å²) in [6.07, 6.45) is 0. The minimum Gasteiger partial charge on any atom is -0.744 e. The van der Waals surface area contributed by atoms with Crippen LogP contribution in [0, 0.1) is 0 Å². The van der Waals surface area contributed by atoms with Gasteiger partial charge >= 0.3 is 29.6 Å². The zero-order chi connectivity index (χ0) is 12.5. The van der Waals surface area contributed by atoms with E-state index in [4.69, 9.17) is 5.11 Å². The minimum atomic E-state index is -4.40. The molecular weight excluding hydrogens is 263 g/mol. The first-order valence-electron chi connectivity index (χ1n) is 4.82. The van der Waals surface area contributed by atoms with E-state index in [0.29, 0.717) is 0 Å². The zero-order valence-electron chi connectivity index (χ0n) is 9.70. The third-order valence-corrected chi connectivity index (χ3v) is 3.19. The smallest absolute Gasteiger partial charge is 0.744 e. The van der Waals surface area contributed by atoms with Crippen molar-refractivity contribution in [2.45, 2.75) is 4.90 Å². The van der Waals surface area contributed by atoms with Crippen molar-refractivity contribution in [2.75, 3.05) is 0 Å². The van der Waals surface area contributed by atoms with Gasteiger partial charge in [0.15, 0.2) is 0 Å². The maximum Gasteiger partial charge on any atom is 1.00 e. The van der Waals surface area contributed by atoms with Crippen LogP contribution in [-0.2, 0) is 10.1 Å². The maximum absolute atomic E-state index is 10.7. The van der Waals surface area contributed by atoms with Gasteiger partial charge in [0, 0.05) is 0 Å². The van der Waals surface area contributed by atoms with Gasteiger partial charge in [-0.05, 0) is 35.4 Å². The number of aromatic hydroxyl groups is 1. The van der Waals surface area contributed by atoms with Crippen molar-refractivity contribution in [1.29, 1.82) is 0 Å². The fourth-order valence-electron chi connectivity index (χ4n) is 1.47. The summed E-state index contributed by atoms with van der Waals surface area (Å²) >= 11 is 0. The number of benzene rings is 2. The number of hydrogen-bond acceptors (Lipinski definition) is 4. The van der Waals surface area contributed by atoms with Gasteiger partial charge in [-0.15, -0.1) is 0 Å². The van der Waals surface area contributed by atoms with E-state index in [1.54, 1.807) is 24.3 Å². The van der Waals surface area contributed by atoms with Crippen molar-refractivity contribution in [2.24, 2.45) is 0 Å². The molecule has 0 aliphatic heterocycles. The van der Waals surface area contributed by atoms with Crippen LogP contribution in [0.5, 0.6) is 5.75 Å². The molecule has 0 saturated heterocycles. The second-order valence-electron chi connectivity index (χ2n) is 3.53. The van der Waals surface area contributed by atoms with Crippen LogP contribution in [0.25, 0.3) is 11.1 Å². The van der Waals surface area contributed by atoms with E-state index in [2.05, 4.69) is 0 Å². The molecule has 0 aliphatic carbocycles. The molecule has 0 aromatic heterocycles. The van der Waals surface area contributed by atoms with Gasteiger partial charge < -0.3 is 9.66 Å². The van der Waals surface area contributed by atoms with Crippen molar-refractivity contribution >= 4 is 10.1 Å². The Kier molecular flexibility index (Phi) is 4.95. The Hall–Kier alpha value is -0.850. The Labute approximate surface area is 127 Å². The van der Waals surface area contributed by atoms with E-state index in [1.807, 2.05) is 0 Å². The number of rotatable bonds is 2. The molecular formula is C12H9NaO4S. The molecule has 1 N–H and O–H groups in total. The third-order valence-electron chi connectivity index (χ3n) is 2.34. The van der Waals surface area contributed by atoms with Crippen LogP contribution < -0.4 is 29.6 Å². The maximum atomic E-state index is 10.7. The molecule has 0 saturated carbocycles. The van der Waals surface area contributed by atoms with Crippen LogP contribution in [0.1, 0.15) is 0 Å². The Balaban J connectivity index is 0.00000162. The summed E-state index contributed by atoms with van der Waals surface area (Å²) in [5.74, 6) is 0.160. The first kappa shape index (κ1) is 15.2. The average Bonchev–Trinajstić information content (AvgIpc) is 2.29. The van der Waals surface area contributed by atoms with Crippen molar-refractivity contribution in [3.63, 3.8) is 0 Å². The van der Waals surface area contributed by atoms with Crippen LogP contribution in [-0.4, -0.2) is 18.1 Å². The molecule has 0 atom stereocenters. The first-order valence-corrected chi connectivity index (χ1v) is 6.23. The molecule has 2 aromatic carbocycles. The van der Waals surface area contributed by atoms with Gasteiger partial charge in [0.1, 0.15) is 15.9 Å². The molecule has 0 fully saturated rings. The molecule has 0 unspecified atom stereocenters. The molecule has 6 heteroatoms. The van der Waals surface area contributed by atoms with E-state index in [0.717, 1.165) is 11.1 Å². The van der Waals surface area contributed by atoms with E-state index >= 15 is 0 Å². The number of phenolic OH excluding ortho intramolecular Hbond substituents is 1. The van der Waals surface area contributed by atoms with Crippen LogP contribution in [0.4, 0.5) is 0 Å². The van der Waals surface area contributed by atoms with E-state index in [1.165, 1.54) is 24.3 Å². The summed E-state index contributed by atoms with van der Waals surface area (Å²) in [5.41, 5.74) is 1.61. The monoisotopic (exact) mass is 272 g/mol. The van der Waals surface area contributed by atoms with Crippen LogP contribution in [0.3, 0.4) is 0 Å². The van der Waals surface area contributed by atoms with E-state index < -0.39 is 10.1 Å². The molecule has 0 bridgehead atoms. The van der Waals surface area contributed by atoms with Crippen molar-refractivity contribution in [3.8, 4) is 16.9 Å². The van der Waals surface area contributed by atoms with E-state index in [-0.39, 0.29) is 40.2 Å². The predicted molar refractivity (Wildman–Crippen MR) is 61.5 cm³/mol. The predicted octanol–water partition coefficient (Wildman–Crippen LogP) is -1.03. The van der Waals surface area contributed by atoms with Crippen LogP contribution in [0.15, 0.2) is 53.4 Å². The number of hydrogen-bond donors (Lipinski definition) is 1. The Morgan fingerprint density at radius 3 is 1.61 bits per heavy atom. The van der Waals surface area contributed by atoms with Gasteiger partial charge in [-0.2, -0.15) is 0 Å². The molecule has 0 heterocycles. The largest absolute Gasteiger partial charge is 1.00 e. The fraction of sp³-hybridized carbons (Fsp3) is 0. The third kappa shape index (κ3) is 3.57. The molecule has 0 aliphatic rings. The summed E-state index contributed by atoms with van der Waals surface area (Å²) in [7, 11) is -4.40. The molecule has 2 rings (SSSR count). The minimum absolute atomic E-state index is 0. The summed E-state index contributed by atoms with van der Waals surface area (Å²) in [6.45, 7) is 0. The van der Waals surface area contributed by atoms with Gasteiger partial charge in [0.2, 0.25) is 0 Å². The molecule has 2 aromatic rings. The molecule has 0 radical (unpaired) electrons. The molecule has 4 nitrogen and oxygen atoms in total. The van der Waals surface area contributed by atoms with Gasteiger partial charge in [-0.3, -0.25) is 0 Å². The summed E-state index contributed by atoms with van der Waals surface area (Å²) in [4.78, 5) is -0.250. The molecule has 88 valence electrons. The molecule has 0 spiro atoms.